The summed E-state index contributed by atoms with van der Waals surface area (Å²) >= 11 is 0. The molecule has 2 saturated heterocycles. The number of hydrogen-bond acceptors (Lipinski definition) is 7. The molecule has 4 atom stereocenters. The van der Waals surface area contributed by atoms with Gasteiger partial charge in [0.25, 0.3) is 0 Å². The molecule has 232 valence electrons. The average Bonchev–Trinajstić information content (AvgIpc) is 3.66. The van der Waals surface area contributed by atoms with Crippen molar-refractivity contribution in [2.24, 2.45) is 0 Å². The Bertz CT molecular complexity index is 1090. The predicted octanol–water partition coefficient (Wildman–Crippen LogP) is 1.70. The highest BCUT2D eigenvalue weighted by Crippen LogP contribution is 2.33. The summed E-state index contributed by atoms with van der Waals surface area (Å²) < 4.78 is 13.3. The van der Waals surface area contributed by atoms with E-state index in [-0.39, 0.29) is 41.9 Å². The van der Waals surface area contributed by atoms with Gasteiger partial charge in [0.2, 0.25) is 11.8 Å². The van der Waals surface area contributed by atoms with Crippen LogP contribution in [0.1, 0.15) is 77.0 Å². The van der Waals surface area contributed by atoms with Crippen molar-refractivity contribution < 1.29 is 18.6 Å². The van der Waals surface area contributed by atoms with Crippen LogP contribution in [0.5, 0.6) is 0 Å². The van der Waals surface area contributed by atoms with E-state index in [0.717, 1.165) is 77.2 Å². The second-order valence-corrected chi connectivity index (χ2v) is 13.9. The zero-order valence-corrected chi connectivity index (χ0v) is 25.5. The van der Waals surface area contributed by atoms with Crippen LogP contribution in [0.4, 0.5) is 4.79 Å². The maximum atomic E-state index is 13.6. The molecule has 0 bridgehead atoms. The molecule has 0 aromatic carbocycles. The molecule has 2 aliphatic heterocycles. The first-order chi connectivity index (χ1) is 20.2. The number of nitrogens with zero attached hydrogens (tertiary/aromatic N) is 2. The van der Waals surface area contributed by atoms with Crippen molar-refractivity contribution in [2.75, 3.05) is 31.9 Å². The van der Waals surface area contributed by atoms with Gasteiger partial charge in [0.15, 0.2) is 0 Å². The number of nitrogens with one attached hydrogen (secondary N) is 5. The fourth-order valence-corrected chi connectivity index (χ4v) is 8.70. The molecular formula is C30H47N7O4S. The van der Waals surface area contributed by atoms with E-state index in [1.807, 2.05) is 11.0 Å². The molecule has 4 rings (SSSR count). The van der Waals surface area contributed by atoms with E-state index >= 15 is 0 Å². The summed E-state index contributed by atoms with van der Waals surface area (Å²) in [7, 11) is -0.962. The predicted molar refractivity (Wildman–Crippen MR) is 163 cm³/mol. The number of nitriles is 1. The molecule has 0 aromatic rings. The van der Waals surface area contributed by atoms with E-state index in [1.165, 1.54) is 0 Å². The second kappa shape index (κ2) is 15.0. The summed E-state index contributed by atoms with van der Waals surface area (Å²) in [4.78, 5) is 40.7. The number of carbonyl (C=O) groups excluding carboxylic acids is 3. The summed E-state index contributed by atoms with van der Waals surface area (Å²) in [5, 5.41) is 24.0. The quantitative estimate of drug-likeness (QED) is 0.159. The molecule has 0 aromatic heterocycles. The number of carbonyl (C=O) groups is 3. The monoisotopic (exact) mass is 601 g/mol. The Morgan fingerprint density at radius 1 is 1.02 bits per heavy atom. The van der Waals surface area contributed by atoms with Crippen molar-refractivity contribution in [1.82, 2.24) is 31.5 Å². The smallest absolute Gasteiger partial charge is 0.315 e. The minimum absolute atomic E-state index is 0.00564. The van der Waals surface area contributed by atoms with Crippen molar-refractivity contribution >= 4 is 28.6 Å². The van der Waals surface area contributed by atoms with Crippen molar-refractivity contribution in [1.29, 1.82) is 5.26 Å². The lowest BCUT2D eigenvalue weighted by molar-refractivity contribution is -0.124. The van der Waals surface area contributed by atoms with Gasteiger partial charge in [-0.15, -0.1) is 0 Å². The zero-order valence-electron chi connectivity index (χ0n) is 24.7. The third-order valence-corrected chi connectivity index (χ3v) is 11.3. The van der Waals surface area contributed by atoms with Crippen LogP contribution in [0.3, 0.4) is 0 Å². The average molecular weight is 602 g/mol. The topological polar surface area (TPSA) is 155 Å². The second-order valence-electron chi connectivity index (χ2n) is 12.2. The van der Waals surface area contributed by atoms with Gasteiger partial charge in [0.1, 0.15) is 12.6 Å². The summed E-state index contributed by atoms with van der Waals surface area (Å²) in [6.45, 7) is 9.39. The SMILES string of the molecule is C=C(CNC(=O)C1CCCN1C(=C)C(NC(=O)NC1(CS(=O)C2CCCC2)CCCCC1)C1CCN1)C(=O)NCC#N. The van der Waals surface area contributed by atoms with E-state index in [9.17, 15) is 18.6 Å². The summed E-state index contributed by atoms with van der Waals surface area (Å²) in [6.07, 6.45) is 11.4. The van der Waals surface area contributed by atoms with E-state index < -0.39 is 34.3 Å². The Morgan fingerprint density at radius 3 is 2.38 bits per heavy atom. The number of likely N-dealkylation sites (tertiary alicyclic amines) is 1. The normalized spacial score (nSPS) is 24.9. The largest absolute Gasteiger partial charge is 0.362 e. The van der Waals surface area contributed by atoms with Gasteiger partial charge < -0.3 is 31.5 Å². The van der Waals surface area contributed by atoms with E-state index in [2.05, 4.69) is 39.7 Å². The minimum atomic E-state index is -0.962. The zero-order chi connectivity index (χ0) is 30.1. The third-order valence-electron chi connectivity index (χ3n) is 9.24. The molecule has 12 heteroatoms. The summed E-state index contributed by atoms with van der Waals surface area (Å²) in [5.74, 6) is -0.200. The molecule has 4 amide bonds. The Morgan fingerprint density at radius 2 is 1.74 bits per heavy atom. The molecule has 2 heterocycles. The van der Waals surface area contributed by atoms with Crippen LogP contribution >= 0.6 is 0 Å². The van der Waals surface area contributed by atoms with Gasteiger partial charge in [-0.2, -0.15) is 5.26 Å². The van der Waals surface area contributed by atoms with Crippen LogP contribution in [0.2, 0.25) is 0 Å². The standard InChI is InChI=1S/C30H47N7O4S/c1-21(27(38)33-17-15-31)19-34-28(39)25-11-8-18-37(25)22(2)26(24-12-16-32-24)35-29(40)36-30(13-6-3-7-14-30)20-42(41)23-9-4-5-10-23/h23-26,32H,1-14,16-20H2,(H,33,38)(H,34,39)(H2,35,36,40). The Labute approximate surface area is 252 Å². The molecule has 0 spiro atoms. The number of rotatable bonds is 13. The van der Waals surface area contributed by atoms with Crippen molar-refractivity contribution in [3.8, 4) is 6.07 Å². The van der Waals surface area contributed by atoms with Gasteiger partial charge in [-0.25, -0.2) is 4.79 Å². The number of urea groups is 1. The molecule has 2 saturated carbocycles. The molecule has 5 N–H and O–H groups in total. The van der Waals surface area contributed by atoms with Crippen molar-refractivity contribution in [3.63, 3.8) is 0 Å². The Hall–Kier alpha value is -2.91. The fourth-order valence-electron chi connectivity index (χ4n) is 6.70. The summed E-state index contributed by atoms with van der Waals surface area (Å²) in [5.41, 5.74) is 0.382. The summed E-state index contributed by atoms with van der Waals surface area (Å²) in [6, 6.07) is 0.690. The molecule has 4 aliphatic rings. The third kappa shape index (κ3) is 8.13. The highest BCUT2D eigenvalue weighted by Gasteiger charge is 2.41. The highest BCUT2D eigenvalue weighted by molar-refractivity contribution is 7.85. The molecule has 11 nitrogen and oxygen atoms in total. The Balaban J connectivity index is 1.38. The maximum absolute atomic E-state index is 13.6. The molecule has 0 radical (unpaired) electrons. The molecule has 4 fully saturated rings. The van der Waals surface area contributed by atoms with E-state index in [1.54, 1.807) is 0 Å². The maximum Gasteiger partial charge on any atom is 0.315 e. The molecule has 4 unspecified atom stereocenters. The van der Waals surface area contributed by atoms with Gasteiger partial charge in [-0.1, -0.05) is 45.3 Å². The van der Waals surface area contributed by atoms with Crippen LogP contribution in [0.15, 0.2) is 24.4 Å². The lowest BCUT2D eigenvalue weighted by Crippen LogP contribution is -2.64. The number of hydrogen-bond donors (Lipinski definition) is 5. The van der Waals surface area contributed by atoms with Gasteiger partial charge in [-0.05, 0) is 51.5 Å². The van der Waals surface area contributed by atoms with Crippen LogP contribution in [-0.4, -0.2) is 87.8 Å². The molecule has 2 aliphatic carbocycles. The van der Waals surface area contributed by atoms with Crippen LogP contribution < -0.4 is 26.6 Å². The highest BCUT2D eigenvalue weighted by atomic mass is 32.2. The fraction of sp³-hybridized carbons (Fsp3) is 0.733. The first kappa shape index (κ1) is 32.0. The first-order valence-corrected chi connectivity index (χ1v) is 16.9. The van der Waals surface area contributed by atoms with E-state index in [0.29, 0.717) is 24.4 Å². The van der Waals surface area contributed by atoms with Crippen LogP contribution in [0.25, 0.3) is 0 Å². The van der Waals surface area contributed by atoms with Crippen molar-refractivity contribution in [3.05, 3.63) is 24.4 Å². The van der Waals surface area contributed by atoms with Gasteiger partial charge in [0, 0.05) is 52.2 Å². The first-order valence-electron chi connectivity index (χ1n) is 15.5. The van der Waals surface area contributed by atoms with Crippen molar-refractivity contribution in [2.45, 2.75) is 106 Å². The molecular weight excluding hydrogens is 554 g/mol. The minimum Gasteiger partial charge on any atom is -0.362 e. The van der Waals surface area contributed by atoms with Gasteiger partial charge in [-0.3, -0.25) is 13.8 Å². The number of amides is 4. The van der Waals surface area contributed by atoms with E-state index in [4.69, 9.17) is 5.26 Å². The van der Waals surface area contributed by atoms with Gasteiger partial charge >= 0.3 is 6.03 Å². The molecule has 42 heavy (non-hydrogen) atoms. The van der Waals surface area contributed by atoms with Crippen LogP contribution in [0, 0.1) is 11.3 Å². The lowest BCUT2D eigenvalue weighted by Gasteiger charge is -2.42. The Kier molecular flexibility index (Phi) is 11.4. The van der Waals surface area contributed by atoms with Crippen LogP contribution in [-0.2, 0) is 20.4 Å². The lowest BCUT2D eigenvalue weighted by atomic mass is 9.83. The van der Waals surface area contributed by atoms with Gasteiger partial charge in [0.05, 0.1) is 17.6 Å².